The first-order valence-electron chi connectivity index (χ1n) is 13.5. The molecule has 1 aliphatic rings. The molecule has 10 nitrogen and oxygen atoms in total. The molecule has 216 valence electrons. The first kappa shape index (κ1) is 28.3. The number of aromatic hydroxyl groups is 1. The van der Waals surface area contributed by atoms with Crippen LogP contribution in [0.3, 0.4) is 0 Å². The number of benzene rings is 4. The van der Waals surface area contributed by atoms with Gasteiger partial charge in [0.05, 0.1) is 16.9 Å². The Kier molecular flexibility index (Phi) is 7.81. The topological polar surface area (TPSA) is 135 Å². The molecular weight excluding hydrogens is 578 g/mol. The van der Waals surface area contributed by atoms with Crippen LogP contribution in [0, 0.1) is 0 Å². The van der Waals surface area contributed by atoms with Gasteiger partial charge in [-0.05, 0) is 79.7 Å². The van der Waals surface area contributed by atoms with Gasteiger partial charge >= 0.3 is 0 Å². The Morgan fingerprint density at radius 2 is 1.70 bits per heavy atom. The maximum Gasteiger partial charge on any atom is 0.282 e. The molecule has 11 heteroatoms. The lowest BCUT2D eigenvalue weighted by molar-refractivity contribution is -0.113. The second-order valence-corrected chi connectivity index (χ2v) is 10.2. The maximum absolute atomic E-state index is 13.3. The van der Waals surface area contributed by atoms with Gasteiger partial charge in [-0.15, -0.1) is 15.3 Å². The minimum Gasteiger partial charge on any atom is -0.507 e. The highest BCUT2D eigenvalue weighted by Gasteiger charge is 2.29. The number of aromatic amines is 1. The lowest BCUT2D eigenvalue weighted by Gasteiger charge is -2.16. The summed E-state index contributed by atoms with van der Waals surface area (Å²) in [7, 11) is 0. The van der Waals surface area contributed by atoms with E-state index in [1.807, 2.05) is 30.5 Å². The number of carbonyl (C=O) groups is 2. The summed E-state index contributed by atoms with van der Waals surface area (Å²) in [6.07, 6.45) is 3.61. The lowest BCUT2D eigenvalue weighted by Crippen LogP contribution is -2.30. The van der Waals surface area contributed by atoms with Gasteiger partial charge in [0.1, 0.15) is 17.3 Å². The molecule has 0 saturated carbocycles. The van der Waals surface area contributed by atoms with E-state index < -0.39 is 5.91 Å². The molecule has 6 rings (SSSR count). The zero-order chi connectivity index (χ0) is 30.6. The van der Waals surface area contributed by atoms with Gasteiger partial charge in [-0.25, -0.2) is 10.4 Å². The van der Waals surface area contributed by atoms with Gasteiger partial charge in [0.25, 0.3) is 11.8 Å². The summed E-state index contributed by atoms with van der Waals surface area (Å²) in [5, 5.41) is 24.3. The fourth-order valence-electron chi connectivity index (χ4n) is 4.63. The number of rotatable bonds is 6. The number of nitrogens with zero attached hydrogens (tertiary/aromatic N) is 5. The van der Waals surface area contributed by atoms with Crippen LogP contribution in [-0.4, -0.2) is 33.6 Å². The standard InChI is InChI=1S/C33H24ClN7O3/c1-20-36-29(18-22-19-35-28-8-4-2-6-26(22)28)33(44)41(20)25-16-10-21(11-17-25)32(43)40-39-31(27-7-3-5-9-30(27)42)38-37-24-14-12-23(34)13-15-24/h2-19,35,42H,1H3,(H,40,43)/b29-18+,38-37?,39-31+. The fraction of sp³-hybridized carbons (Fsp3) is 0.0303. The third-order valence-corrected chi connectivity index (χ3v) is 7.08. The maximum atomic E-state index is 13.3. The number of hydrogen-bond acceptors (Lipinski definition) is 6. The van der Waals surface area contributed by atoms with Crippen molar-refractivity contribution in [1.82, 2.24) is 10.4 Å². The molecule has 5 aromatic rings. The van der Waals surface area contributed by atoms with Crippen LogP contribution in [0.1, 0.15) is 28.4 Å². The fourth-order valence-corrected chi connectivity index (χ4v) is 4.76. The van der Waals surface area contributed by atoms with Crippen LogP contribution in [0.2, 0.25) is 5.02 Å². The van der Waals surface area contributed by atoms with Gasteiger partial charge in [-0.2, -0.15) is 0 Å². The minimum absolute atomic E-state index is 0.00737. The zero-order valence-electron chi connectivity index (χ0n) is 23.3. The van der Waals surface area contributed by atoms with E-state index in [4.69, 9.17) is 11.6 Å². The number of azo groups is 1. The quantitative estimate of drug-likeness (QED) is 0.0624. The number of hydrazone groups is 1. The van der Waals surface area contributed by atoms with Crippen LogP contribution in [-0.2, 0) is 4.79 Å². The Labute approximate surface area is 256 Å². The first-order chi connectivity index (χ1) is 21.4. The van der Waals surface area contributed by atoms with Crippen molar-refractivity contribution in [2.24, 2.45) is 20.3 Å². The zero-order valence-corrected chi connectivity index (χ0v) is 24.0. The van der Waals surface area contributed by atoms with Gasteiger partial charge in [0.15, 0.2) is 0 Å². The van der Waals surface area contributed by atoms with E-state index in [0.717, 1.165) is 16.5 Å². The molecule has 4 aromatic carbocycles. The number of aliphatic imine (C=N–C) groups is 1. The van der Waals surface area contributed by atoms with Crippen LogP contribution in [0.4, 0.5) is 11.4 Å². The largest absolute Gasteiger partial charge is 0.507 e. The Balaban J connectivity index is 1.19. The number of fused-ring (bicyclic) bond motifs is 1. The average Bonchev–Trinajstić information content (AvgIpc) is 3.57. The molecule has 0 aliphatic carbocycles. The van der Waals surface area contributed by atoms with E-state index in [9.17, 15) is 14.7 Å². The second-order valence-electron chi connectivity index (χ2n) is 9.74. The van der Waals surface area contributed by atoms with E-state index in [1.54, 1.807) is 79.7 Å². The highest BCUT2D eigenvalue weighted by Crippen LogP contribution is 2.28. The van der Waals surface area contributed by atoms with Crippen molar-refractivity contribution in [2.45, 2.75) is 6.92 Å². The second kappa shape index (κ2) is 12.2. The van der Waals surface area contributed by atoms with Crippen LogP contribution in [0.25, 0.3) is 17.0 Å². The smallest absolute Gasteiger partial charge is 0.282 e. The molecule has 0 radical (unpaired) electrons. The number of H-pyrrole nitrogens is 1. The Bertz CT molecular complexity index is 2010. The van der Waals surface area contributed by atoms with Gasteiger partial charge in [0, 0.05) is 33.2 Å². The van der Waals surface area contributed by atoms with Gasteiger partial charge in [-0.3, -0.25) is 14.5 Å². The molecule has 2 amide bonds. The molecule has 0 spiro atoms. The van der Waals surface area contributed by atoms with Crippen LogP contribution in [0.15, 0.2) is 129 Å². The number of carbonyl (C=O) groups excluding carboxylic acids is 2. The molecule has 0 atom stereocenters. The summed E-state index contributed by atoms with van der Waals surface area (Å²) in [4.78, 5) is 35.5. The molecular formula is C33H24ClN7O3. The summed E-state index contributed by atoms with van der Waals surface area (Å²) >= 11 is 5.94. The molecule has 1 aromatic heterocycles. The third kappa shape index (κ3) is 5.87. The number of anilines is 1. The van der Waals surface area contributed by atoms with Crippen LogP contribution >= 0.6 is 11.6 Å². The van der Waals surface area contributed by atoms with Crippen molar-refractivity contribution in [3.05, 3.63) is 131 Å². The van der Waals surface area contributed by atoms with Gasteiger partial charge in [0.2, 0.25) is 5.84 Å². The van der Waals surface area contributed by atoms with E-state index in [2.05, 4.69) is 30.7 Å². The van der Waals surface area contributed by atoms with E-state index in [0.29, 0.717) is 33.5 Å². The summed E-state index contributed by atoms with van der Waals surface area (Å²) in [6.45, 7) is 1.75. The summed E-state index contributed by atoms with van der Waals surface area (Å²) in [5.74, 6) is -0.365. The van der Waals surface area contributed by atoms with Crippen LogP contribution < -0.4 is 10.3 Å². The highest BCUT2D eigenvalue weighted by molar-refractivity contribution is 6.30. The molecule has 3 N–H and O–H groups in total. The summed E-state index contributed by atoms with van der Waals surface area (Å²) < 4.78 is 0. The van der Waals surface area contributed by atoms with Crippen LogP contribution in [0.5, 0.6) is 5.75 Å². The van der Waals surface area contributed by atoms with E-state index in [1.165, 1.54) is 11.0 Å². The molecule has 0 saturated heterocycles. The van der Waals surface area contributed by atoms with Crippen molar-refractivity contribution < 1.29 is 14.7 Å². The first-order valence-corrected chi connectivity index (χ1v) is 13.9. The van der Waals surface area contributed by atoms with Crippen molar-refractivity contribution >= 4 is 63.4 Å². The minimum atomic E-state index is -0.524. The van der Waals surface area contributed by atoms with Gasteiger partial charge < -0.3 is 10.1 Å². The Hall–Kier alpha value is -5.87. The predicted molar refractivity (Wildman–Crippen MR) is 171 cm³/mol. The summed E-state index contributed by atoms with van der Waals surface area (Å²) in [5.41, 5.74) is 6.26. The number of amidine groups is 2. The Morgan fingerprint density at radius 1 is 0.977 bits per heavy atom. The number of phenolic OH excluding ortho intramolecular Hbond substituents is 1. The van der Waals surface area contributed by atoms with Gasteiger partial charge in [-0.1, -0.05) is 41.9 Å². The summed E-state index contributed by atoms with van der Waals surface area (Å²) in [6, 6.07) is 27.4. The Morgan fingerprint density at radius 3 is 2.48 bits per heavy atom. The molecule has 0 fully saturated rings. The number of nitrogens with one attached hydrogen (secondary N) is 2. The average molecular weight is 602 g/mol. The van der Waals surface area contributed by atoms with Crippen molar-refractivity contribution in [2.75, 3.05) is 4.90 Å². The van der Waals surface area contributed by atoms with Crippen molar-refractivity contribution in [3.8, 4) is 5.75 Å². The number of para-hydroxylation sites is 2. The molecule has 1 aliphatic heterocycles. The van der Waals surface area contributed by atoms with E-state index in [-0.39, 0.29) is 23.1 Å². The number of hydrogen-bond donors (Lipinski definition) is 3. The SMILES string of the molecule is CC1=N/C(=C/c2c[nH]c3ccccc23)C(=O)N1c1ccc(C(=O)N/N=C(/N=Nc2ccc(Cl)cc2)c2ccccc2O)cc1. The number of halogens is 1. The number of amides is 2. The van der Waals surface area contributed by atoms with Crippen molar-refractivity contribution in [1.29, 1.82) is 0 Å². The third-order valence-electron chi connectivity index (χ3n) is 6.82. The number of phenols is 1. The van der Waals surface area contributed by atoms with E-state index >= 15 is 0 Å². The molecule has 44 heavy (non-hydrogen) atoms. The predicted octanol–water partition coefficient (Wildman–Crippen LogP) is 7.21. The molecule has 0 bridgehead atoms. The normalized spacial score (nSPS) is 14.5. The number of aromatic nitrogens is 1. The molecule has 2 heterocycles. The highest BCUT2D eigenvalue weighted by atomic mass is 35.5. The lowest BCUT2D eigenvalue weighted by atomic mass is 10.1. The molecule has 0 unspecified atom stereocenters. The van der Waals surface area contributed by atoms with Crippen molar-refractivity contribution in [3.63, 3.8) is 0 Å². The monoisotopic (exact) mass is 601 g/mol.